The first kappa shape index (κ1) is 26.6. The molecule has 1 amide bonds. The van der Waals surface area contributed by atoms with E-state index in [4.69, 9.17) is 12.2 Å². The second-order valence-electron chi connectivity index (χ2n) is 8.38. The number of rotatable bonds is 18. The molecular weight excluding hydrogens is 388 g/mol. The van der Waals surface area contributed by atoms with Crippen molar-refractivity contribution in [1.29, 1.82) is 0 Å². The van der Waals surface area contributed by atoms with Gasteiger partial charge in [-0.3, -0.25) is 10.1 Å². The number of benzene rings is 1. The van der Waals surface area contributed by atoms with Crippen LogP contribution in [0, 0.1) is 0 Å². The van der Waals surface area contributed by atoms with Gasteiger partial charge in [0.1, 0.15) is 0 Å². The number of carbonyl (C=O) groups excluding carboxylic acids is 1. The fraction of sp³-hybridized carbons (Fsp3) is 0.692. The van der Waals surface area contributed by atoms with Gasteiger partial charge in [0.25, 0.3) is 5.91 Å². The summed E-state index contributed by atoms with van der Waals surface area (Å²) in [4.78, 5) is 12.0. The molecule has 170 valence electrons. The normalized spacial score (nSPS) is 10.7. The molecule has 0 saturated carbocycles. The SMILES string of the molecule is CCCCCCCCCCCCCCCCCCNC(=S)NC(=O)c1ccccc1. The van der Waals surface area contributed by atoms with Gasteiger partial charge in [0.15, 0.2) is 5.11 Å². The zero-order valence-corrected chi connectivity index (χ0v) is 20.0. The maximum absolute atomic E-state index is 12.0. The molecule has 0 unspecified atom stereocenters. The zero-order valence-electron chi connectivity index (χ0n) is 19.2. The smallest absolute Gasteiger partial charge is 0.257 e. The minimum atomic E-state index is -0.153. The lowest BCUT2D eigenvalue weighted by molar-refractivity contribution is 0.0976. The molecule has 0 aliphatic heterocycles. The Morgan fingerprint density at radius 3 is 1.60 bits per heavy atom. The maximum Gasteiger partial charge on any atom is 0.257 e. The summed E-state index contributed by atoms with van der Waals surface area (Å²) in [5, 5.41) is 6.29. The monoisotopic (exact) mass is 432 g/mol. The third-order valence-electron chi connectivity index (χ3n) is 5.58. The van der Waals surface area contributed by atoms with Crippen LogP contribution in [0.4, 0.5) is 0 Å². The highest BCUT2D eigenvalue weighted by Crippen LogP contribution is 2.13. The summed E-state index contributed by atoms with van der Waals surface area (Å²) in [5.41, 5.74) is 0.629. The van der Waals surface area contributed by atoms with Crippen molar-refractivity contribution in [3.05, 3.63) is 35.9 Å². The predicted molar refractivity (Wildman–Crippen MR) is 134 cm³/mol. The van der Waals surface area contributed by atoms with Gasteiger partial charge in [0, 0.05) is 12.1 Å². The van der Waals surface area contributed by atoms with E-state index in [9.17, 15) is 4.79 Å². The molecule has 4 heteroatoms. The van der Waals surface area contributed by atoms with Gasteiger partial charge in [-0.15, -0.1) is 0 Å². The largest absolute Gasteiger partial charge is 0.362 e. The van der Waals surface area contributed by atoms with E-state index in [-0.39, 0.29) is 5.91 Å². The first-order chi connectivity index (χ1) is 14.7. The Hall–Kier alpha value is -1.42. The predicted octanol–water partition coefficient (Wildman–Crippen LogP) is 7.55. The number of unbranched alkanes of at least 4 members (excludes halogenated alkanes) is 15. The minimum Gasteiger partial charge on any atom is -0.362 e. The summed E-state index contributed by atoms with van der Waals surface area (Å²) in [5.74, 6) is -0.153. The molecule has 0 spiro atoms. The third kappa shape index (κ3) is 15.4. The molecule has 1 aromatic rings. The third-order valence-corrected chi connectivity index (χ3v) is 5.83. The summed E-state index contributed by atoms with van der Waals surface area (Å²) in [6.07, 6.45) is 21.9. The molecule has 0 radical (unpaired) electrons. The van der Waals surface area contributed by atoms with Gasteiger partial charge in [-0.2, -0.15) is 0 Å². The van der Waals surface area contributed by atoms with Crippen LogP contribution in [0.1, 0.15) is 120 Å². The minimum absolute atomic E-state index is 0.153. The first-order valence-corrected chi connectivity index (χ1v) is 12.8. The number of thiocarbonyl (C=S) groups is 1. The van der Waals surface area contributed by atoms with Gasteiger partial charge < -0.3 is 5.32 Å². The molecule has 0 heterocycles. The molecule has 0 fully saturated rings. The molecule has 1 rings (SSSR count). The van der Waals surface area contributed by atoms with Gasteiger partial charge in [-0.1, -0.05) is 121 Å². The Labute approximate surface area is 190 Å². The number of carbonyl (C=O) groups is 1. The molecule has 2 N–H and O–H groups in total. The molecule has 0 aromatic heterocycles. The van der Waals surface area contributed by atoms with Crippen molar-refractivity contribution in [2.75, 3.05) is 6.54 Å². The fourth-order valence-electron chi connectivity index (χ4n) is 3.68. The van der Waals surface area contributed by atoms with E-state index in [0.29, 0.717) is 10.7 Å². The van der Waals surface area contributed by atoms with Crippen LogP contribution in [-0.2, 0) is 0 Å². The second kappa shape index (κ2) is 19.5. The Balaban J connectivity index is 1.80. The lowest BCUT2D eigenvalue weighted by Gasteiger charge is -2.09. The van der Waals surface area contributed by atoms with Crippen molar-refractivity contribution in [3.8, 4) is 0 Å². The topological polar surface area (TPSA) is 41.1 Å². The summed E-state index contributed by atoms with van der Waals surface area (Å²) >= 11 is 5.20. The zero-order chi connectivity index (χ0) is 21.7. The molecule has 30 heavy (non-hydrogen) atoms. The van der Waals surface area contributed by atoms with Crippen LogP contribution in [-0.4, -0.2) is 17.6 Å². The van der Waals surface area contributed by atoms with E-state index < -0.39 is 0 Å². The van der Waals surface area contributed by atoms with E-state index >= 15 is 0 Å². The van der Waals surface area contributed by atoms with Crippen molar-refractivity contribution in [1.82, 2.24) is 10.6 Å². The number of hydrogen-bond donors (Lipinski definition) is 2. The summed E-state index contributed by atoms with van der Waals surface area (Å²) in [6, 6.07) is 9.16. The Morgan fingerprint density at radius 1 is 0.700 bits per heavy atom. The second-order valence-corrected chi connectivity index (χ2v) is 8.79. The first-order valence-electron chi connectivity index (χ1n) is 12.4. The van der Waals surface area contributed by atoms with Crippen molar-refractivity contribution >= 4 is 23.2 Å². The molecule has 0 bridgehead atoms. The maximum atomic E-state index is 12.0. The van der Waals surface area contributed by atoms with Crippen molar-refractivity contribution in [3.63, 3.8) is 0 Å². The molecule has 0 aliphatic carbocycles. The average Bonchev–Trinajstić information content (AvgIpc) is 2.76. The van der Waals surface area contributed by atoms with Crippen LogP contribution < -0.4 is 10.6 Å². The Kier molecular flexibility index (Phi) is 17.3. The Bertz CT molecular complexity index is 547. The average molecular weight is 433 g/mol. The lowest BCUT2D eigenvalue weighted by Crippen LogP contribution is -2.39. The summed E-state index contributed by atoms with van der Waals surface area (Å²) in [6.45, 7) is 3.11. The molecule has 0 aliphatic rings. The van der Waals surface area contributed by atoms with Crippen LogP contribution in [0.25, 0.3) is 0 Å². The van der Waals surface area contributed by atoms with Crippen molar-refractivity contribution < 1.29 is 4.79 Å². The van der Waals surface area contributed by atoms with E-state index in [2.05, 4.69) is 17.6 Å². The highest BCUT2D eigenvalue weighted by atomic mass is 32.1. The Morgan fingerprint density at radius 2 is 1.13 bits per heavy atom. The lowest BCUT2D eigenvalue weighted by atomic mass is 10.0. The van der Waals surface area contributed by atoms with Crippen LogP contribution in [0.5, 0.6) is 0 Å². The highest BCUT2D eigenvalue weighted by molar-refractivity contribution is 7.80. The van der Waals surface area contributed by atoms with E-state index in [1.807, 2.05) is 18.2 Å². The van der Waals surface area contributed by atoms with Gasteiger partial charge in [-0.25, -0.2) is 0 Å². The van der Waals surface area contributed by atoms with E-state index in [0.717, 1.165) is 13.0 Å². The van der Waals surface area contributed by atoms with Gasteiger partial charge >= 0.3 is 0 Å². The van der Waals surface area contributed by atoms with E-state index in [1.54, 1.807) is 12.1 Å². The summed E-state index contributed by atoms with van der Waals surface area (Å²) in [7, 11) is 0. The van der Waals surface area contributed by atoms with Crippen LogP contribution >= 0.6 is 12.2 Å². The van der Waals surface area contributed by atoms with Crippen LogP contribution in [0.15, 0.2) is 30.3 Å². The summed E-state index contributed by atoms with van der Waals surface area (Å²) < 4.78 is 0. The number of nitrogens with one attached hydrogen (secondary N) is 2. The highest BCUT2D eigenvalue weighted by Gasteiger charge is 2.06. The standard InChI is InChI=1S/C26H44N2OS/c1-2-3-4-5-6-7-8-9-10-11-12-13-14-15-16-20-23-27-26(30)28-25(29)24-21-18-17-19-22-24/h17-19,21-22H,2-16,20,23H2,1H3,(H2,27,28,29,30). The van der Waals surface area contributed by atoms with Gasteiger partial charge in [0.2, 0.25) is 0 Å². The molecule has 1 aromatic carbocycles. The number of amides is 1. The molecule has 3 nitrogen and oxygen atoms in total. The molecule has 0 atom stereocenters. The molecular formula is C26H44N2OS. The van der Waals surface area contributed by atoms with Crippen molar-refractivity contribution in [2.45, 2.75) is 110 Å². The van der Waals surface area contributed by atoms with Crippen LogP contribution in [0.2, 0.25) is 0 Å². The van der Waals surface area contributed by atoms with Crippen LogP contribution in [0.3, 0.4) is 0 Å². The quantitative estimate of drug-likeness (QED) is 0.186. The van der Waals surface area contributed by atoms with Gasteiger partial charge in [-0.05, 0) is 30.8 Å². The van der Waals surface area contributed by atoms with E-state index in [1.165, 1.54) is 96.3 Å². The molecule has 0 saturated heterocycles. The van der Waals surface area contributed by atoms with Crippen molar-refractivity contribution in [2.24, 2.45) is 0 Å². The van der Waals surface area contributed by atoms with Gasteiger partial charge in [0.05, 0.1) is 0 Å². The number of hydrogen-bond acceptors (Lipinski definition) is 2. The fourth-order valence-corrected chi connectivity index (χ4v) is 3.88.